The fourth-order valence-electron chi connectivity index (χ4n) is 8.89. The Labute approximate surface area is 371 Å². The first-order valence-corrected chi connectivity index (χ1v) is 23.1. The zero-order valence-corrected chi connectivity index (χ0v) is 37.1. The lowest BCUT2D eigenvalue weighted by Gasteiger charge is -2.27. The number of aromatic nitrogens is 1. The average molecular weight is 852 g/mol. The highest BCUT2D eigenvalue weighted by Gasteiger charge is 2.32. The number of fused-ring (bicyclic) bond motifs is 1. The molecule has 2 saturated carbocycles. The van der Waals surface area contributed by atoms with Crippen molar-refractivity contribution in [2.75, 3.05) is 0 Å². The molecule has 63 heavy (non-hydrogen) atoms. The van der Waals surface area contributed by atoms with E-state index in [2.05, 4.69) is 62.4 Å². The van der Waals surface area contributed by atoms with Gasteiger partial charge in [0.2, 0.25) is 0 Å². The van der Waals surface area contributed by atoms with Crippen molar-refractivity contribution < 1.29 is 38.1 Å². The first kappa shape index (κ1) is 45.2. The quantitative estimate of drug-likeness (QED) is 0.0665. The van der Waals surface area contributed by atoms with Gasteiger partial charge in [0.15, 0.2) is 5.75 Å². The first-order chi connectivity index (χ1) is 30.6. The Kier molecular flexibility index (Phi) is 15.8. The van der Waals surface area contributed by atoms with Crippen molar-refractivity contribution in [3.63, 3.8) is 0 Å². The van der Waals surface area contributed by atoms with Crippen LogP contribution in [0.25, 0.3) is 22.2 Å². The Balaban J connectivity index is 0.942. The van der Waals surface area contributed by atoms with Crippen LogP contribution in [0.5, 0.6) is 11.5 Å². The molecular formula is C54H61NO8. The Hall–Kier alpha value is -5.83. The van der Waals surface area contributed by atoms with Gasteiger partial charge in [0.25, 0.3) is 0 Å². The smallest absolute Gasteiger partial charge is 0.314 e. The normalized spacial score (nSPS) is 18.7. The molecule has 7 rings (SSSR count). The minimum Gasteiger partial charge on any atom is -0.462 e. The van der Waals surface area contributed by atoms with E-state index < -0.39 is 0 Å². The lowest BCUT2D eigenvalue weighted by molar-refractivity contribution is -0.153. The molecule has 0 N–H and O–H groups in total. The van der Waals surface area contributed by atoms with E-state index in [1.54, 1.807) is 12.1 Å². The van der Waals surface area contributed by atoms with E-state index in [1.165, 1.54) is 11.1 Å². The second-order valence-corrected chi connectivity index (χ2v) is 17.4. The summed E-state index contributed by atoms with van der Waals surface area (Å²) < 4.78 is 23.9. The Morgan fingerprint density at radius 2 is 0.968 bits per heavy atom. The molecule has 9 nitrogen and oxygen atoms in total. The molecule has 0 radical (unpaired) electrons. The predicted molar refractivity (Wildman–Crippen MR) is 244 cm³/mol. The maximum Gasteiger partial charge on any atom is 0.314 e. The number of hydrogen-bond donors (Lipinski definition) is 0. The Morgan fingerprint density at radius 1 is 0.540 bits per heavy atom. The summed E-state index contributed by atoms with van der Waals surface area (Å²) in [5.41, 5.74) is 7.79. The number of ether oxygens (including phenoxy) is 4. The number of benzene rings is 4. The van der Waals surface area contributed by atoms with E-state index in [4.69, 9.17) is 23.9 Å². The molecule has 1 heterocycles. The molecule has 2 aliphatic carbocycles. The van der Waals surface area contributed by atoms with Gasteiger partial charge >= 0.3 is 23.9 Å². The number of aryl methyl sites for hydroxylation is 5. The van der Waals surface area contributed by atoms with Gasteiger partial charge in [-0.3, -0.25) is 19.2 Å². The van der Waals surface area contributed by atoms with Crippen LogP contribution in [0.1, 0.15) is 119 Å². The lowest BCUT2D eigenvalue weighted by atomic mass is 9.87. The van der Waals surface area contributed by atoms with Gasteiger partial charge in [-0.1, -0.05) is 106 Å². The van der Waals surface area contributed by atoms with Gasteiger partial charge in [-0.05, 0) is 130 Å². The molecule has 0 bridgehead atoms. The molecule has 0 amide bonds. The SMILES string of the molecule is CCCc1ccc(CCC(=O)OC2CCC(C(=O)Oc3ccc(OC(=O)C4CCC(OC(=O)CCc5ccc(CCC)cc5)CC4)c4nc(-c5ccccc5)c(C)cc34)CC2)cc1. The zero-order chi connectivity index (χ0) is 44.1. The van der Waals surface area contributed by atoms with E-state index in [9.17, 15) is 19.2 Å². The summed E-state index contributed by atoms with van der Waals surface area (Å²) in [4.78, 5) is 57.9. The number of nitrogens with zero attached hydrogens (tertiary/aromatic N) is 1. The Morgan fingerprint density at radius 3 is 1.43 bits per heavy atom. The second-order valence-electron chi connectivity index (χ2n) is 17.4. The van der Waals surface area contributed by atoms with E-state index in [0.717, 1.165) is 53.6 Å². The van der Waals surface area contributed by atoms with E-state index in [1.807, 2.05) is 43.3 Å². The number of carbonyl (C=O) groups is 4. The van der Waals surface area contributed by atoms with Gasteiger partial charge in [0.1, 0.15) is 23.5 Å². The molecule has 0 unspecified atom stereocenters. The van der Waals surface area contributed by atoms with Crippen LogP contribution in [0.3, 0.4) is 0 Å². The maximum atomic E-state index is 13.7. The van der Waals surface area contributed by atoms with Crippen LogP contribution in [-0.4, -0.2) is 41.1 Å². The summed E-state index contributed by atoms with van der Waals surface area (Å²) in [5.74, 6) is -1.21. The molecule has 1 aromatic heterocycles. The standard InChI is InChI=1S/C54H61NO8/c1-4-9-37-13-17-39(18-14-37)21-33-49(56)60-44-27-23-42(24-28-44)53(58)62-47-31-32-48(52-46(47)35-36(3)51(55-52)41-11-7-6-8-12-41)63-54(59)43-25-29-45(30-26-43)61-50(57)34-22-40-19-15-38(10-5-2)16-20-40/h6-8,11-20,31-32,35,42-45H,4-5,9-10,21-30,33-34H2,1-3H3. The number of esters is 4. The summed E-state index contributed by atoms with van der Waals surface area (Å²) in [5, 5.41) is 0.570. The Bertz CT molecular complexity index is 2320. The van der Waals surface area contributed by atoms with Gasteiger partial charge in [0.05, 0.1) is 17.5 Å². The molecule has 2 fully saturated rings. The minimum absolute atomic E-state index is 0.215. The molecule has 2 aliphatic rings. The van der Waals surface area contributed by atoms with Crippen molar-refractivity contribution in [3.8, 4) is 22.8 Å². The molecule has 9 heteroatoms. The third-order valence-corrected chi connectivity index (χ3v) is 12.5. The highest BCUT2D eigenvalue weighted by atomic mass is 16.6. The third-order valence-electron chi connectivity index (χ3n) is 12.5. The van der Waals surface area contributed by atoms with E-state index in [0.29, 0.717) is 99.5 Å². The van der Waals surface area contributed by atoms with E-state index in [-0.39, 0.29) is 47.9 Å². The van der Waals surface area contributed by atoms with Crippen molar-refractivity contribution in [1.82, 2.24) is 4.98 Å². The topological polar surface area (TPSA) is 118 Å². The highest BCUT2D eigenvalue weighted by Crippen LogP contribution is 2.38. The predicted octanol–water partition coefficient (Wildman–Crippen LogP) is 11.4. The fraction of sp³-hybridized carbons (Fsp3) is 0.426. The number of pyridine rings is 1. The molecule has 0 aliphatic heterocycles. The van der Waals surface area contributed by atoms with Gasteiger partial charge in [-0.25, -0.2) is 4.98 Å². The summed E-state index contributed by atoms with van der Waals surface area (Å²) in [6.45, 7) is 6.28. The van der Waals surface area contributed by atoms with Crippen molar-refractivity contribution in [1.29, 1.82) is 0 Å². The van der Waals surface area contributed by atoms with Crippen LogP contribution in [-0.2, 0) is 54.3 Å². The van der Waals surface area contributed by atoms with Crippen molar-refractivity contribution in [2.45, 2.75) is 136 Å². The zero-order valence-electron chi connectivity index (χ0n) is 37.1. The maximum absolute atomic E-state index is 13.7. The first-order valence-electron chi connectivity index (χ1n) is 23.1. The fourth-order valence-corrected chi connectivity index (χ4v) is 8.89. The van der Waals surface area contributed by atoms with Crippen LogP contribution in [0, 0.1) is 18.8 Å². The van der Waals surface area contributed by atoms with E-state index >= 15 is 0 Å². The van der Waals surface area contributed by atoms with Crippen molar-refractivity contribution in [2.24, 2.45) is 11.8 Å². The van der Waals surface area contributed by atoms with Gasteiger partial charge < -0.3 is 18.9 Å². The minimum atomic E-state index is -0.362. The van der Waals surface area contributed by atoms with Crippen molar-refractivity contribution in [3.05, 3.63) is 125 Å². The summed E-state index contributed by atoms with van der Waals surface area (Å²) >= 11 is 0. The average Bonchev–Trinajstić information content (AvgIpc) is 3.30. The molecule has 0 spiro atoms. The molecule has 0 atom stereocenters. The summed E-state index contributed by atoms with van der Waals surface area (Å²) in [6, 6.07) is 31.9. The van der Waals surface area contributed by atoms with Crippen molar-refractivity contribution >= 4 is 34.8 Å². The number of rotatable bonds is 17. The number of hydrogen-bond acceptors (Lipinski definition) is 9. The van der Waals surface area contributed by atoms with Crippen LogP contribution in [0.4, 0.5) is 0 Å². The monoisotopic (exact) mass is 851 g/mol. The molecule has 5 aromatic rings. The highest BCUT2D eigenvalue weighted by molar-refractivity contribution is 5.96. The van der Waals surface area contributed by atoms with Gasteiger partial charge in [-0.15, -0.1) is 0 Å². The van der Waals surface area contributed by atoms with Crippen LogP contribution in [0.2, 0.25) is 0 Å². The lowest BCUT2D eigenvalue weighted by Crippen LogP contribution is -2.30. The van der Waals surface area contributed by atoms with Gasteiger partial charge in [-0.2, -0.15) is 0 Å². The number of carbonyl (C=O) groups excluding carboxylic acids is 4. The second kappa shape index (κ2) is 22.0. The van der Waals surface area contributed by atoms with Gasteiger partial charge in [0, 0.05) is 23.8 Å². The van der Waals surface area contributed by atoms with Crippen LogP contribution >= 0.6 is 0 Å². The summed E-state index contributed by atoms with van der Waals surface area (Å²) in [6.07, 6.45) is 10.3. The molecular weight excluding hydrogens is 791 g/mol. The largest absolute Gasteiger partial charge is 0.462 e. The molecule has 0 saturated heterocycles. The molecule has 330 valence electrons. The third kappa shape index (κ3) is 12.4. The summed E-state index contributed by atoms with van der Waals surface area (Å²) in [7, 11) is 0. The van der Waals surface area contributed by atoms with Crippen LogP contribution in [0.15, 0.2) is 97.1 Å². The van der Waals surface area contributed by atoms with Crippen LogP contribution < -0.4 is 9.47 Å². The molecule has 4 aromatic carbocycles.